The first-order valence-corrected chi connectivity index (χ1v) is 8.17. The van der Waals surface area contributed by atoms with E-state index in [1.54, 1.807) is 25.2 Å². The van der Waals surface area contributed by atoms with Crippen molar-refractivity contribution in [2.75, 3.05) is 20.8 Å². The third-order valence-electron chi connectivity index (χ3n) is 3.70. The Morgan fingerprint density at radius 3 is 2.50 bits per heavy atom. The van der Waals surface area contributed by atoms with Gasteiger partial charge in [-0.3, -0.25) is 9.63 Å². The first kappa shape index (κ1) is 18.3. The highest BCUT2D eigenvalue weighted by Crippen LogP contribution is 2.21. The number of hydrogen-bond acceptors (Lipinski definition) is 3. The molecule has 128 valence electrons. The van der Waals surface area contributed by atoms with Crippen molar-refractivity contribution in [3.05, 3.63) is 64.7 Å². The average molecular weight is 348 g/mol. The summed E-state index contributed by atoms with van der Waals surface area (Å²) in [5.41, 5.74) is 1.69. The van der Waals surface area contributed by atoms with E-state index in [0.29, 0.717) is 23.8 Å². The van der Waals surface area contributed by atoms with E-state index in [4.69, 9.17) is 21.2 Å². The van der Waals surface area contributed by atoms with E-state index in [9.17, 15) is 4.79 Å². The Hall–Kier alpha value is -2.04. The molecule has 0 aromatic heterocycles. The number of hydroxylamine groups is 2. The molecule has 2 aromatic carbocycles. The minimum Gasteiger partial charge on any atom is -0.492 e. The van der Waals surface area contributed by atoms with Crippen LogP contribution in [0, 0.1) is 5.92 Å². The van der Waals surface area contributed by atoms with Crippen LogP contribution in [0.1, 0.15) is 22.8 Å². The second-order valence-electron chi connectivity index (χ2n) is 5.73. The Balaban J connectivity index is 1.98. The molecule has 5 heteroatoms. The fourth-order valence-electron chi connectivity index (χ4n) is 2.34. The maximum absolute atomic E-state index is 12.3. The molecule has 1 amide bonds. The van der Waals surface area contributed by atoms with Gasteiger partial charge >= 0.3 is 0 Å². The summed E-state index contributed by atoms with van der Waals surface area (Å²) < 4.78 is 5.88. The Kier molecular flexibility index (Phi) is 6.64. The van der Waals surface area contributed by atoms with Crippen LogP contribution in [0.15, 0.2) is 48.5 Å². The summed E-state index contributed by atoms with van der Waals surface area (Å²) >= 11 is 5.90. The number of rotatable bonds is 7. The van der Waals surface area contributed by atoms with Crippen LogP contribution in [0.2, 0.25) is 5.02 Å². The average Bonchev–Trinajstić information content (AvgIpc) is 2.61. The van der Waals surface area contributed by atoms with Crippen LogP contribution in [0.3, 0.4) is 0 Å². The molecule has 1 atom stereocenters. The van der Waals surface area contributed by atoms with Crippen molar-refractivity contribution >= 4 is 17.5 Å². The third kappa shape index (κ3) is 4.98. The molecule has 0 radical (unpaired) electrons. The van der Waals surface area contributed by atoms with Crippen LogP contribution in [0.4, 0.5) is 0 Å². The maximum Gasteiger partial charge on any atom is 0.280 e. The lowest BCUT2D eigenvalue weighted by Gasteiger charge is -2.18. The summed E-state index contributed by atoms with van der Waals surface area (Å²) in [6.45, 7) is 2.63. The highest BCUT2D eigenvalue weighted by molar-refractivity contribution is 6.30. The van der Waals surface area contributed by atoms with Crippen molar-refractivity contribution in [3.8, 4) is 5.75 Å². The molecular weight excluding hydrogens is 326 g/mol. The lowest BCUT2D eigenvalue weighted by molar-refractivity contribution is -0.0758. The summed E-state index contributed by atoms with van der Waals surface area (Å²) in [5.74, 6) is 0.627. The van der Waals surface area contributed by atoms with Gasteiger partial charge in [-0.05, 0) is 42.2 Å². The molecule has 0 saturated heterocycles. The molecule has 0 saturated carbocycles. The Bertz CT molecular complexity index is 673. The Morgan fingerprint density at radius 2 is 1.83 bits per heavy atom. The topological polar surface area (TPSA) is 38.8 Å². The Morgan fingerprint density at radius 1 is 1.17 bits per heavy atom. The number of nitrogens with zero attached hydrogens (tertiary/aromatic N) is 1. The van der Waals surface area contributed by atoms with E-state index in [0.717, 1.165) is 11.4 Å². The van der Waals surface area contributed by atoms with Crippen LogP contribution < -0.4 is 4.74 Å². The van der Waals surface area contributed by atoms with Gasteiger partial charge in [0, 0.05) is 12.1 Å². The normalized spacial score (nSPS) is 11.8. The minimum atomic E-state index is -0.238. The summed E-state index contributed by atoms with van der Waals surface area (Å²) in [6.07, 6.45) is 0.880. The summed E-state index contributed by atoms with van der Waals surface area (Å²) in [7, 11) is 3.03. The predicted molar refractivity (Wildman–Crippen MR) is 95.4 cm³/mol. The van der Waals surface area contributed by atoms with Gasteiger partial charge in [0.25, 0.3) is 5.91 Å². The van der Waals surface area contributed by atoms with Crippen molar-refractivity contribution < 1.29 is 14.4 Å². The zero-order chi connectivity index (χ0) is 17.5. The standard InChI is InChI=1S/C19H22ClNO3/c1-14(12-15-8-10-16(20)11-9-15)13-24-18-7-5-4-6-17(18)19(22)21(2)23-3/h4-11,14H,12-13H2,1-3H3. The fraction of sp³-hybridized carbons (Fsp3) is 0.316. The summed E-state index contributed by atoms with van der Waals surface area (Å²) in [5, 5.41) is 1.91. The van der Waals surface area contributed by atoms with Gasteiger partial charge in [-0.15, -0.1) is 0 Å². The monoisotopic (exact) mass is 347 g/mol. The number of para-hydroxylation sites is 1. The molecule has 2 aromatic rings. The van der Waals surface area contributed by atoms with Gasteiger partial charge in [-0.2, -0.15) is 0 Å². The molecule has 0 aliphatic carbocycles. The van der Waals surface area contributed by atoms with Gasteiger partial charge in [-0.1, -0.05) is 42.8 Å². The smallest absolute Gasteiger partial charge is 0.280 e. The van der Waals surface area contributed by atoms with Crippen molar-refractivity contribution in [2.24, 2.45) is 5.92 Å². The highest BCUT2D eigenvalue weighted by Gasteiger charge is 2.17. The molecule has 0 spiro atoms. The second kappa shape index (κ2) is 8.71. The fourth-order valence-corrected chi connectivity index (χ4v) is 2.46. The molecule has 2 rings (SSSR count). The second-order valence-corrected chi connectivity index (χ2v) is 6.16. The van der Waals surface area contributed by atoms with Gasteiger partial charge in [0.1, 0.15) is 5.75 Å². The number of ether oxygens (including phenoxy) is 1. The molecule has 4 nitrogen and oxygen atoms in total. The Labute approximate surface area is 147 Å². The number of amides is 1. The predicted octanol–water partition coefficient (Wildman–Crippen LogP) is 4.23. The number of carbonyl (C=O) groups is 1. The van der Waals surface area contributed by atoms with E-state index in [-0.39, 0.29) is 5.91 Å². The lowest BCUT2D eigenvalue weighted by atomic mass is 10.0. The number of hydrogen-bond donors (Lipinski definition) is 0. The van der Waals surface area contributed by atoms with E-state index >= 15 is 0 Å². The van der Waals surface area contributed by atoms with Crippen molar-refractivity contribution in [1.29, 1.82) is 0 Å². The van der Waals surface area contributed by atoms with Crippen LogP contribution >= 0.6 is 11.6 Å². The van der Waals surface area contributed by atoms with E-state index < -0.39 is 0 Å². The van der Waals surface area contributed by atoms with Gasteiger partial charge in [0.2, 0.25) is 0 Å². The first-order valence-electron chi connectivity index (χ1n) is 7.79. The van der Waals surface area contributed by atoms with Crippen LogP contribution in [0.25, 0.3) is 0 Å². The minimum absolute atomic E-state index is 0.238. The third-order valence-corrected chi connectivity index (χ3v) is 3.95. The molecular formula is C19H22ClNO3. The van der Waals surface area contributed by atoms with Crippen LogP contribution in [-0.2, 0) is 11.3 Å². The quantitative estimate of drug-likeness (QED) is 0.703. The summed E-state index contributed by atoms with van der Waals surface area (Å²) in [6, 6.07) is 15.0. The molecule has 0 N–H and O–H groups in total. The number of benzene rings is 2. The molecule has 0 heterocycles. The zero-order valence-electron chi connectivity index (χ0n) is 14.2. The van der Waals surface area contributed by atoms with Crippen molar-refractivity contribution in [1.82, 2.24) is 5.06 Å². The van der Waals surface area contributed by atoms with Crippen molar-refractivity contribution in [3.63, 3.8) is 0 Å². The van der Waals surface area contributed by atoms with E-state index in [2.05, 4.69) is 6.92 Å². The zero-order valence-corrected chi connectivity index (χ0v) is 14.9. The van der Waals surface area contributed by atoms with Crippen molar-refractivity contribution in [2.45, 2.75) is 13.3 Å². The first-order chi connectivity index (χ1) is 11.5. The van der Waals surface area contributed by atoms with Crippen LogP contribution in [-0.4, -0.2) is 31.7 Å². The molecule has 0 aliphatic rings. The SMILES string of the molecule is CON(C)C(=O)c1ccccc1OCC(C)Cc1ccc(Cl)cc1. The van der Waals surface area contributed by atoms with Gasteiger partial charge in [0.05, 0.1) is 19.3 Å². The maximum atomic E-state index is 12.3. The molecule has 0 fully saturated rings. The molecule has 0 aliphatic heterocycles. The van der Waals surface area contributed by atoms with E-state index in [1.165, 1.54) is 17.7 Å². The number of carbonyl (C=O) groups excluding carboxylic acids is 1. The largest absolute Gasteiger partial charge is 0.492 e. The van der Waals surface area contributed by atoms with Gasteiger partial charge < -0.3 is 4.74 Å². The van der Waals surface area contributed by atoms with Gasteiger partial charge in [0.15, 0.2) is 0 Å². The molecule has 1 unspecified atom stereocenters. The van der Waals surface area contributed by atoms with E-state index in [1.807, 2.05) is 30.3 Å². The molecule has 0 bridgehead atoms. The molecule has 24 heavy (non-hydrogen) atoms. The lowest BCUT2D eigenvalue weighted by Crippen LogP contribution is -2.26. The summed E-state index contributed by atoms with van der Waals surface area (Å²) in [4.78, 5) is 17.2. The van der Waals surface area contributed by atoms with Gasteiger partial charge in [-0.25, -0.2) is 5.06 Å². The number of halogens is 1. The van der Waals surface area contributed by atoms with Crippen LogP contribution in [0.5, 0.6) is 5.75 Å². The highest BCUT2D eigenvalue weighted by atomic mass is 35.5.